The molecule has 1 saturated heterocycles. The van der Waals surface area contributed by atoms with Crippen molar-refractivity contribution in [3.8, 4) is 0 Å². The first-order valence-corrected chi connectivity index (χ1v) is 4.34. The van der Waals surface area contributed by atoms with Gasteiger partial charge in [-0.25, -0.2) is 4.39 Å². The van der Waals surface area contributed by atoms with Crippen molar-refractivity contribution in [3.63, 3.8) is 0 Å². The van der Waals surface area contributed by atoms with Crippen LogP contribution >= 0.6 is 0 Å². The van der Waals surface area contributed by atoms with Crippen molar-refractivity contribution in [2.45, 2.75) is 33.4 Å². The summed E-state index contributed by atoms with van der Waals surface area (Å²) in [5.74, 6) is 0. The first-order valence-electron chi connectivity index (χ1n) is 4.34. The smallest absolute Gasteiger partial charge is 0.114 e. The lowest BCUT2D eigenvalue weighted by molar-refractivity contribution is 0.211. The number of hydrogen-bond acceptors (Lipinski definition) is 1. The lowest BCUT2D eigenvalue weighted by Gasteiger charge is -2.25. The molecule has 0 bridgehead atoms. The van der Waals surface area contributed by atoms with E-state index in [1.807, 2.05) is 0 Å². The van der Waals surface area contributed by atoms with E-state index in [0.717, 1.165) is 19.5 Å². The largest absolute Gasteiger partial charge is 0.300 e. The molecule has 0 radical (unpaired) electrons. The van der Waals surface area contributed by atoms with E-state index in [1.165, 1.54) is 0 Å². The van der Waals surface area contributed by atoms with E-state index in [9.17, 15) is 4.39 Å². The zero-order chi connectivity index (χ0) is 8.48. The Morgan fingerprint density at radius 2 is 2.09 bits per heavy atom. The van der Waals surface area contributed by atoms with Crippen molar-refractivity contribution in [3.05, 3.63) is 0 Å². The van der Waals surface area contributed by atoms with Gasteiger partial charge in [0, 0.05) is 19.6 Å². The third-order valence-electron chi connectivity index (χ3n) is 1.91. The van der Waals surface area contributed by atoms with Crippen LogP contribution in [0.3, 0.4) is 0 Å². The van der Waals surface area contributed by atoms with Crippen LogP contribution in [0.5, 0.6) is 0 Å². The Hall–Kier alpha value is -0.110. The molecule has 0 aromatic carbocycles. The number of likely N-dealkylation sites (tertiary alicyclic amines) is 1. The number of nitrogens with zero attached hydrogens (tertiary/aromatic N) is 1. The maximum absolute atomic E-state index is 12.7. The molecule has 0 spiro atoms. The topological polar surface area (TPSA) is 3.24 Å². The van der Waals surface area contributed by atoms with Crippen LogP contribution in [-0.4, -0.2) is 30.7 Å². The van der Waals surface area contributed by atoms with Crippen LogP contribution in [0.4, 0.5) is 4.39 Å². The van der Waals surface area contributed by atoms with Gasteiger partial charge >= 0.3 is 0 Å². The fourth-order valence-corrected chi connectivity index (χ4v) is 1.60. The van der Waals surface area contributed by atoms with Gasteiger partial charge < -0.3 is 0 Å². The van der Waals surface area contributed by atoms with Crippen LogP contribution in [0.15, 0.2) is 0 Å². The van der Waals surface area contributed by atoms with Crippen molar-refractivity contribution < 1.29 is 4.39 Å². The van der Waals surface area contributed by atoms with Gasteiger partial charge in [-0.05, 0) is 11.8 Å². The molecule has 2 heteroatoms. The SMILES string of the molecule is CC(C)(C)CN1CC[C@@H](F)C1. The average molecular weight is 159 g/mol. The highest BCUT2D eigenvalue weighted by atomic mass is 19.1. The normalized spacial score (nSPS) is 27.8. The highest BCUT2D eigenvalue weighted by Gasteiger charge is 2.25. The van der Waals surface area contributed by atoms with Crippen molar-refractivity contribution in [1.29, 1.82) is 0 Å². The summed E-state index contributed by atoms with van der Waals surface area (Å²) >= 11 is 0. The van der Waals surface area contributed by atoms with Gasteiger partial charge in [-0.1, -0.05) is 20.8 Å². The first-order chi connectivity index (χ1) is 4.97. The Bertz CT molecular complexity index is 128. The Labute approximate surface area is 68.6 Å². The second kappa shape index (κ2) is 3.10. The Balaban J connectivity index is 2.29. The minimum absolute atomic E-state index is 0.310. The van der Waals surface area contributed by atoms with Crippen LogP contribution in [0.25, 0.3) is 0 Å². The van der Waals surface area contributed by atoms with Gasteiger partial charge in [-0.2, -0.15) is 0 Å². The van der Waals surface area contributed by atoms with Crippen LogP contribution in [0.2, 0.25) is 0 Å². The molecule has 1 fully saturated rings. The molecule has 1 aliphatic heterocycles. The summed E-state index contributed by atoms with van der Waals surface area (Å²) < 4.78 is 12.7. The molecule has 0 saturated carbocycles. The highest BCUT2D eigenvalue weighted by molar-refractivity contribution is 4.78. The molecule has 1 rings (SSSR count). The molecule has 11 heavy (non-hydrogen) atoms. The molecule has 1 atom stereocenters. The van der Waals surface area contributed by atoms with E-state index in [0.29, 0.717) is 12.0 Å². The lowest BCUT2D eigenvalue weighted by Crippen LogP contribution is -2.30. The third-order valence-corrected chi connectivity index (χ3v) is 1.91. The Morgan fingerprint density at radius 3 is 2.45 bits per heavy atom. The van der Waals surface area contributed by atoms with Crippen molar-refractivity contribution in [2.24, 2.45) is 5.41 Å². The van der Waals surface area contributed by atoms with Crippen molar-refractivity contribution in [2.75, 3.05) is 19.6 Å². The zero-order valence-corrected chi connectivity index (χ0v) is 7.73. The maximum Gasteiger partial charge on any atom is 0.114 e. The number of alkyl halides is 1. The van der Waals surface area contributed by atoms with E-state index in [-0.39, 0.29) is 0 Å². The predicted octanol–water partition coefficient (Wildman–Crippen LogP) is 2.08. The molecule has 1 nitrogen and oxygen atoms in total. The van der Waals surface area contributed by atoms with Gasteiger partial charge in [0.1, 0.15) is 6.17 Å². The predicted molar refractivity (Wildman–Crippen MR) is 45.4 cm³/mol. The quantitative estimate of drug-likeness (QED) is 0.566. The molecule has 1 aliphatic rings. The monoisotopic (exact) mass is 159 g/mol. The summed E-state index contributed by atoms with van der Waals surface area (Å²) in [4.78, 5) is 2.21. The molecule has 0 N–H and O–H groups in total. The first kappa shape index (κ1) is 8.98. The number of hydrogen-bond donors (Lipinski definition) is 0. The van der Waals surface area contributed by atoms with Gasteiger partial charge in [-0.3, -0.25) is 4.90 Å². The lowest BCUT2D eigenvalue weighted by atomic mass is 9.96. The summed E-state index contributed by atoms with van der Waals surface area (Å²) in [5, 5.41) is 0. The van der Waals surface area contributed by atoms with Crippen molar-refractivity contribution in [1.82, 2.24) is 4.90 Å². The fraction of sp³-hybridized carbons (Fsp3) is 1.00. The minimum atomic E-state index is -0.572. The fourth-order valence-electron chi connectivity index (χ4n) is 1.60. The van der Waals surface area contributed by atoms with E-state index in [4.69, 9.17) is 0 Å². The van der Waals surface area contributed by atoms with Gasteiger partial charge in [0.15, 0.2) is 0 Å². The molecule has 0 aromatic heterocycles. The molecule has 0 unspecified atom stereocenters. The number of rotatable bonds is 1. The third kappa shape index (κ3) is 3.19. The second-order valence-corrected chi connectivity index (χ2v) is 4.68. The molecular formula is C9H18FN. The van der Waals surface area contributed by atoms with E-state index in [2.05, 4.69) is 25.7 Å². The Kier molecular flexibility index (Phi) is 2.53. The standard InChI is InChI=1S/C9H18FN/c1-9(2,3)7-11-5-4-8(10)6-11/h8H,4-7H2,1-3H3/t8-/m1/s1. The molecule has 0 aromatic rings. The van der Waals surface area contributed by atoms with Crippen LogP contribution in [0, 0.1) is 5.41 Å². The highest BCUT2D eigenvalue weighted by Crippen LogP contribution is 2.20. The van der Waals surface area contributed by atoms with Crippen molar-refractivity contribution >= 4 is 0 Å². The average Bonchev–Trinajstić information content (AvgIpc) is 2.10. The molecular weight excluding hydrogens is 141 g/mol. The summed E-state index contributed by atoms with van der Waals surface area (Å²) in [5.41, 5.74) is 0.310. The van der Waals surface area contributed by atoms with Crippen LogP contribution in [-0.2, 0) is 0 Å². The molecule has 0 aliphatic carbocycles. The molecule has 1 heterocycles. The van der Waals surface area contributed by atoms with Gasteiger partial charge in [0.2, 0.25) is 0 Å². The van der Waals surface area contributed by atoms with E-state index in [1.54, 1.807) is 0 Å². The molecule has 66 valence electrons. The van der Waals surface area contributed by atoms with Gasteiger partial charge in [0.05, 0.1) is 0 Å². The zero-order valence-electron chi connectivity index (χ0n) is 7.73. The van der Waals surface area contributed by atoms with Gasteiger partial charge in [0.25, 0.3) is 0 Å². The van der Waals surface area contributed by atoms with E-state index >= 15 is 0 Å². The van der Waals surface area contributed by atoms with Crippen LogP contribution in [0.1, 0.15) is 27.2 Å². The summed E-state index contributed by atoms with van der Waals surface area (Å²) in [7, 11) is 0. The summed E-state index contributed by atoms with van der Waals surface area (Å²) in [6.07, 6.45) is 0.160. The maximum atomic E-state index is 12.7. The van der Waals surface area contributed by atoms with Crippen LogP contribution < -0.4 is 0 Å². The molecule has 0 amide bonds. The minimum Gasteiger partial charge on any atom is -0.300 e. The van der Waals surface area contributed by atoms with Gasteiger partial charge in [-0.15, -0.1) is 0 Å². The Morgan fingerprint density at radius 1 is 1.45 bits per heavy atom. The second-order valence-electron chi connectivity index (χ2n) is 4.68. The summed E-state index contributed by atoms with van der Waals surface area (Å²) in [6.45, 7) is 9.19. The summed E-state index contributed by atoms with van der Waals surface area (Å²) in [6, 6.07) is 0. The van der Waals surface area contributed by atoms with E-state index < -0.39 is 6.17 Å². The number of halogens is 1.